The molecule has 0 aromatic heterocycles. The molecule has 0 fully saturated rings. The fraction of sp³-hybridized carbons (Fsp3) is 0.500. The zero-order chi connectivity index (χ0) is 6.41. The second-order valence-corrected chi connectivity index (χ2v) is 1.85. The van der Waals surface area contributed by atoms with Crippen LogP contribution in [0, 0.1) is 11.3 Å². The Bertz CT molecular complexity index is 121. The molecule has 0 radical (unpaired) electrons. The van der Waals surface area contributed by atoms with E-state index in [2.05, 4.69) is 0 Å². The monoisotopic (exact) mass is 129 g/mol. The molecule has 0 atom stereocenters. The lowest BCUT2D eigenvalue weighted by Gasteiger charge is -1.84. The highest BCUT2D eigenvalue weighted by Crippen LogP contribution is 2.05. The largest absolute Gasteiger partial charge is 0.198 e. The molecule has 0 aromatic rings. The molecule has 44 valence electrons. The van der Waals surface area contributed by atoms with Crippen molar-refractivity contribution < 1.29 is 0 Å². The van der Waals surface area contributed by atoms with Gasteiger partial charge in [-0.25, -0.2) is 0 Å². The minimum absolute atomic E-state index is 0.423. The maximum Gasteiger partial charge on any atom is 0.0663 e. The number of hydrogen-bond donors (Lipinski definition) is 0. The first-order valence-electron chi connectivity index (χ1n) is 2.52. The summed E-state index contributed by atoms with van der Waals surface area (Å²) in [6, 6.07) is 1.97. The average Bonchev–Trinajstić information content (AvgIpc) is 1.83. The van der Waals surface area contributed by atoms with Gasteiger partial charge in [-0.15, -0.1) is 0 Å². The van der Waals surface area contributed by atoms with E-state index in [1.807, 2.05) is 13.0 Å². The molecule has 8 heavy (non-hydrogen) atoms. The van der Waals surface area contributed by atoms with E-state index in [1.54, 1.807) is 6.08 Å². The Hall–Kier alpha value is -0.480. The second-order valence-electron chi connectivity index (χ2n) is 1.37. The van der Waals surface area contributed by atoms with Crippen molar-refractivity contribution in [3.8, 4) is 6.07 Å². The summed E-state index contributed by atoms with van der Waals surface area (Å²) in [4.78, 5) is 0. The van der Waals surface area contributed by atoms with Crippen LogP contribution in [0.1, 0.15) is 19.8 Å². The van der Waals surface area contributed by atoms with E-state index in [0.717, 1.165) is 11.5 Å². The average molecular weight is 130 g/mol. The smallest absolute Gasteiger partial charge is 0.0663 e. The van der Waals surface area contributed by atoms with Crippen LogP contribution >= 0.6 is 11.6 Å². The zero-order valence-electron chi connectivity index (χ0n) is 4.82. The van der Waals surface area contributed by atoms with Crippen LogP contribution in [-0.4, -0.2) is 0 Å². The Kier molecular flexibility index (Phi) is 4.39. The number of rotatable bonds is 2. The highest BCUT2D eigenvalue weighted by atomic mass is 35.5. The SMILES string of the molecule is CCC(Cl)=CCC#N. The minimum Gasteiger partial charge on any atom is -0.198 e. The predicted octanol–water partition coefficient (Wildman–Crippen LogP) is 2.43. The van der Waals surface area contributed by atoms with Crippen molar-refractivity contribution in [3.63, 3.8) is 0 Å². The summed E-state index contributed by atoms with van der Waals surface area (Å²) in [7, 11) is 0. The van der Waals surface area contributed by atoms with Gasteiger partial charge in [-0.2, -0.15) is 5.26 Å². The standard InChI is InChI=1S/C6H8ClN/c1-2-6(7)4-3-5-8/h4H,2-3H2,1H3. The first-order valence-corrected chi connectivity index (χ1v) is 2.90. The topological polar surface area (TPSA) is 23.8 Å². The molecule has 0 aliphatic heterocycles. The summed E-state index contributed by atoms with van der Waals surface area (Å²) in [5.74, 6) is 0. The fourth-order valence-corrected chi connectivity index (χ4v) is 0.378. The Morgan fingerprint density at radius 3 is 2.88 bits per heavy atom. The predicted molar refractivity (Wildman–Crippen MR) is 34.5 cm³/mol. The van der Waals surface area contributed by atoms with Crippen LogP contribution in [-0.2, 0) is 0 Å². The molecule has 0 amide bonds. The van der Waals surface area contributed by atoms with Crippen LogP contribution in [0.3, 0.4) is 0 Å². The van der Waals surface area contributed by atoms with Crippen LogP contribution in [0.25, 0.3) is 0 Å². The third-order valence-electron chi connectivity index (χ3n) is 0.753. The van der Waals surface area contributed by atoms with E-state index < -0.39 is 0 Å². The molecule has 0 saturated carbocycles. The third kappa shape index (κ3) is 3.70. The quantitative estimate of drug-likeness (QED) is 0.562. The van der Waals surface area contributed by atoms with Gasteiger partial charge in [-0.1, -0.05) is 24.6 Å². The zero-order valence-corrected chi connectivity index (χ0v) is 5.57. The summed E-state index contributed by atoms with van der Waals surface area (Å²) in [5, 5.41) is 8.83. The van der Waals surface area contributed by atoms with Crippen molar-refractivity contribution in [1.29, 1.82) is 5.26 Å². The third-order valence-corrected chi connectivity index (χ3v) is 1.17. The summed E-state index contributed by atoms with van der Waals surface area (Å²) in [6.45, 7) is 1.95. The lowest BCUT2D eigenvalue weighted by molar-refractivity contribution is 1.17. The van der Waals surface area contributed by atoms with Crippen LogP contribution in [0.4, 0.5) is 0 Å². The van der Waals surface area contributed by atoms with Gasteiger partial charge in [-0.05, 0) is 6.42 Å². The molecule has 2 heteroatoms. The Labute approximate surface area is 54.6 Å². The van der Waals surface area contributed by atoms with E-state index in [1.165, 1.54) is 0 Å². The Balaban J connectivity index is 3.45. The molecule has 1 nitrogen and oxygen atoms in total. The number of halogens is 1. The molecule has 0 N–H and O–H groups in total. The molecule has 0 aromatic carbocycles. The van der Waals surface area contributed by atoms with E-state index in [0.29, 0.717) is 6.42 Å². The molecule has 0 aliphatic carbocycles. The Morgan fingerprint density at radius 2 is 2.50 bits per heavy atom. The van der Waals surface area contributed by atoms with Gasteiger partial charge in [0.2, 0.25) is 0 Å². The molecule has 0 heterocycles. The lowest BCUT2D eigenvalue weighted by Crippen LogP contribution is -1.65. The minimum atomic E-state index is 0.423. The molecular weight excluding hydrogens is 122 g/mol. The van der Waals surface area contributed by atoms with Gasteiger partial charge in [0.15, 0.2) is 0 Å². The molecule has 0 spiro atoms. The fourth-order valence-electron chi connectivity index (χ4n) is 0.301. The van der Waals surface area contributed by atoms with Crippen LogP contribution in [0.15, 0.2) is 11.1 Å². The molecular formula is C6H8ClN. The molecule has 0 unspecified atom stereocenters. The van der Waals surface area contributed by atoms with Gasteiger partial charge in [0, 0.05) is 5.03 Å². The molecule has 0 rings (SSSR count). The van der Waals surface area contributed by atoms with Crippen molar-refractivity contribution in [3.05, 3.63) is 11.1 Å². The maximum absolute atomic E-state index is 8.06. The number of nitriles is 1. The first kappa shape index (κ1) is 7.52. The number of nitrogens with zero attached hydrogens (tertiary/aromatic N) is 1. The van der Waals surface area contributed by atoms with Crippen molar-refractivity contribution in [1.82, 2.24) is 0 Å². The van der Waals surface area contributed by atoms with Crippen LogP contribution in [0.2, 0.25) is 0 Å². The van der Waals surface area contributed by atoms with Gasteiger partial charge in [0.25, 0.3) is 0 Å². The van der Waals surface area contributed by atoms with Crippen LogP contribution < -0.4 is 0 Å². The van der Waals surface area contributed by atoms with E-state index in [9.17, 15) is 0 Å². The first-order chi connectivity index (χ1) is 3.81. The van der Waals surface area contributed by atoms with Gasteiger partial charge in [-0.3, -0.25) is 0 Å². The van der Waals surface area contributed by atoms with Crippen molar-refractivity contribution in [2.75, 3.05) is 0 Å². The second kappa shape index (κ2) is 4.67. The molecule has 0 aliphatic rings. The lowest BCUT2D eigenvalue weighted by atomic mass is 10.3. The molecule has 0 bridgehead atoms. The van der Waals surface area contributed by atoms with Crippen molar-refractivity contribution in [2.24, 2.45) is 0 Å². The summed E-state index contributed by atoms with van der Waals surface area (Å²) >= 11 is 5.55. The highest BCUT2D eigenvalue weighted by Gasteiger charge is 1.82. The normalized spacial score (nSPS) is 10.9. The van der Waals surface area contributed by atoms with Gasteiger partial charge in [0.05, 0.1) is 12.5 Å². The summed E-state index contributed by atoms with van der Waals surface area (Å²) in [5.41, 5.74) is 0. The summed E-state index contributed by atoms with van der Waals surface area (Å²) < 4.78 is 0. The van der Waals surface area contributed by atoms with Crippen LogP contribution in [0.5, 0.6) is 0 Å². The Morgan fingerprint density at radius 1 is 1.88 bits per heavy atom. The highest BCUT2D eigenvalue weighted by molar-refractivity contribution is 6.29. The van der Waals surface area contributed by atoms with Gasteiger partial charge < -0.3 is 0 Å². The van der Waals surface area contributed by atoms with E-state index >= 15 is 0 Å². The molecule has 0 saturated heterocycles. The van der Waals surface area contributed by atoms with E-state index in [-0.39, 0.29) is 0 Å². The number of hydrogen-bond acceptors (Lipinski definition) is 1. The van der Waals surface area contributed by atoms with Gasteiger partial charge in [0.1, 0.15) is 0 Å². The van der Waals surface area contributed by atoms with Crippen molar-refractivity contribution in [2.45, 2.75) is 19.8 Å². The van der Waals surface area contributed by atoms with E-state index in [4.69, 9.17) is 16.9 Å². The van der Waals surface area contributed by atoms with Crippen molar-refractivity contribution >= 4 is 11.6 Å². The summed E-state index contributed by atoms with van der Waals surface area (Å²) in [6.07, 6.45) is 2.97. The number of allylic oxidation sites excluding steroid dienone is 2. The maximum atomic E-state index is 8.06. The van der Waals surface area contributed by atoms with Gasteiger partial charge >= 0.3 is 0 Å².